The van der Waals surface area contributed by atoms with Crippen molar-refractivity contribution in [1.82, 2.24) is 15.1 Å². The van der Waals surface area contributed by atoms with Gasteiger partial charge in [0.15, 0.2) is 11.5 Å². The summed E-state index contributed by atoms with van der Waals surface area (Å²) >= 11 is 0. The largest absolute Gasteiger partial charge is 0.493 e. The third-order valence-electron chi connectivity index (χ3n) is 4.68. The number of carbonyl (C=O) groups excluding carboxylic acids is 2. The van der Waals surface area contributed by atoms with E-state index in [2.05, 4.69) is 24.1 Å². The summed E-state index contributed by atoms with van der Waals surface area (Å²) in [4.78, 5) is 28.3. The fraction of sp³-hybridized carbons (Fsp3) is 0.565. The molecule has 0 saturated carbocycles. The van der Waals surface area contributed by atoms with Gasteiger partial charge < -0.3 is 19.7 Å². The third kappa shape index (κ3) is 7.71. The van der Waals surface area contributed by atoms with Crippen molar-refractivity contribution in [2.24, 2.45) is 5.92 Å². The van der Waals surface area contributed by atoms with Crippen molar-refractivity contribution in [3.05, 3.63) is 29.8 Å². The van der Waals surface area contributed by atoms with Crippen molar-refractivity contribution in [3.63, 3.8) is 0 Å². The van der Waals surface area contributed by atoms with Gasteiger partial charge in [0.1, 0.15) is 0 Å². The van der Waals surface area contributed by atoms with Crippen LogP contribution in [0.25, 0.3) is 6.08 Å². The Morgan fingerprint density at radius 1 is 1.10 bits per heavy atom. The third-order valence-corrected chi connectivity index (χ3v) is 4.68. The first-order valence-corrected chi connectivity index (χ1v) is 10.6. The number of rotatable bonds is 9. The van der Waals surface area contributed by atoms with Crippen LogP contribution < -0.4 is 14.8 Å². The smallest absolute Gasteiger partial charge is 0.246 e. The number of benzene rings is 1. The van der Waals surface area contributed by atoms with E-state index in [0.717, 1.165) is 5.56 Å². The number of amides is 2. The van der Waals surface area contributed by atoms with Crippen molar-refractivity contribution in [2.45, 2.75) is 33.7 Å². The molecule has 30 heavy (non-hydrogen) atoms. The molecule has 1 saturated heterocycles. The molecule has 2 amide bonds. The summed E-state index contributed by atoms with van der Waals surface area (Å²) in [6.07, 6.45) is 3.38. The molecule has 0 radical (unpaired) electrons. The van der Waals surface area contributed by atoms with Crippen molar-refractivity contribution in [3.8, 4) is 11.5 Å². The average molecular weight is 418 g/mol. The van der Waals surface area contributed by atoms with E-state index in [0.29, 0.717) is 56.7 Å². The molecule has 0 bridgehead atoms. The van der Waals surface area contributed by atoms with E-state index in [-0.39, 0.29) is 17.9 Å². The van der Waals surface area contributed by atoms with Crippen LogP contribution in [0.2, 0.25) is 0 Å². The molecule has 1 N–H and O–H groups in total. The minimum atomic E-state index is -0.0274. The van der Waals surface area contributed by atoms with E-state index in [1.165, 1.54) is 0 Å². The molecular weight excluding hydrogens is 382 g/mol. The summed E-state index contributed by atoms with van der Waals surface area (Å²) in [6.45, 7) is 11.7. The summed E-state index contributed by atoms with van der Waals surface area (Å²) in [5.41, 5.74) is 0.876. The number of hydrogen-bond acceptors (Lipinski definition) is 5. The van der Waals surface area contributed by atoms with Crippen LogP contribution in [0.15, 0.2) is 24.3 Å². The lowest BCUT2D eigenvalue weighted by atomic mass is 10.1. The number of ether oxygens (including phenoxy) is 2. The van der Waals surface area contributed by atoms with Crippen LogP contribution in [0.3, 0.4) is 0 Å². The van der Waals surface area contributed by atoms with Gasteiger partial charge in [-0.3, -0.25) is 14.5 Å². The average Bonchev–Trinajstić information content (AvgIpc) is 2.70. The monoisotopic (exact) mass is 417 g/mol. The zero-order chi connectivity index (χ0) is 22.1. The fourth-order valence-electron chi connectivity index (χ4n) is 3.13. The van der Waals surface area contributed by atoms with Crippen LogP contribution in [-0.2, 0) is 9.59 Å². The highest BCUT2D eigenvalue weighted by molar-refractivity contribution is 5.92. The van der Waals surface area contributed by atoms with Gasteiger partial charge in [0, 0.05) is 38.3 Å². The molecule has 0 aromatic heterocycles. The lowest BCUT2D eigenvalue weighted by Gasteiger charge is -2.33. The van der Waals surface area contributed by atoms with E-state index in [1.54, 1.807) is 19.3 Å². The molecule has 7 heteroatoms. The number of carbonyl (C=O) groups is 2. The van der Waals surface area contributed by atoms with Crippen molar-refractivity contribution < 1.29 is 19.1 Å². The maximum atomic E-state index is 12.5. The maximum Gasteiger partial charge on any atom is 0.246 e. The van der Waals surface area contributed by atoms with Crippen LogP contribution in [0.1, 0.15) is 33.3 Å². The Morgan fingerprint density at radius 2 is 1.80 bits per heavy atom. The molecule has 7 nitrogen and oxygen atoms in total. The molecule has 0 unspecified atom stereocenters. The molecule has 166 valence electrons. The summed E-state index contributed by atoms with van der Waals surface area (Å²) in [7, 11) is 1.61. The maximum absolute atomic E-state index is 12.5. The van der Waals surface area contributed by atoms with Crippen molar-refractivity contribution in [1.29, 1.82) is 0 Å². The highest BCUT2D eigenvalue weighted by atomic mass is 16.5. The first-order chi connectivity index (χ1) is 14.3. The lowest BCUT2D eigenvalue weighted by molar-refractivity contribution is -0.128. The SMILES string of the molecule is COc1cc(/C=C/C(=O)N2CCN(CC(=O)NC(C)C)CC2)ccc1OCC(C)C. The fourth-order valence-corrected chi connectivity index (χ4v) is 3.13. The van der Waals surface area contributed by atoms with E-state index in [4.69, 9.17) is 9.47 Å². The minimum Gasteiger partial charge on any atom is -0.493 e. The highest BCUT2D eigenvalue weighted by Crippen LogP contribution is 2.29. The number of hydrogen-bond donors (Lipinski definition) is 1. The van der Waals surface area contributed by atoms with Gasteiger partial charge in [-0.25, -0.2) is 0 Å². The van der Waals surface area contributed by atoms with Crippen LogP contribution in [-0.4, -0.2) is 74.1 Å². The van der Waals surface area contributed by atoms with Crippen LogP contribution >= 0.6 is 0 Å². The Morgan fingerprint density at radius 3 is 2.40 bits per heavy atom. The number of nitrogens with zero attached hydrogens (tertiary/aromatic N) is 2. The van der Waals surface area contributed by atoms with Crippen molar-refractivity contribution in [2.75, 3.05) is 46.4 Å². The molecule has 1 fully saturated rings. The normalized spacial score (nSPS) is 15.1. The summed E-state index contributed by atoms with van der Waals surface area (Å²) in [6, 6.07) is 5.78. The van der Waals surface area contributed by atoms with Gasteiger partial charge >= 0.3 is 0 Å². The highest BCUT2D eigenvalue weighted by Gasteiger charge is 2.21. The second kappa shape index (κ2) is 11.6. The second-order valence-corrected chi connectivity index (χ2v) is 8.27. The first-order valence-electron chi connectivity index (χ1n) is 10.6. The Hall–Kier alpha value is -2.54. The summed E-state index contributed by atoms with van der Waals surface area (Å²) in [5.74, 6) is 1.78. The second-order valence-electron chi connectivity index (χ2n) is 8.27. The van der Waals surface area contributed by atoms with Gasteiger partial charge in [0.05, 0.1) is 20.3 Å². The van der Waals surface area contributed by atoms with E-state index < -0.39 is 0 Å². The summed E-state index contributed by atoms with van der Waals surface area (Å²) in [5, 5.41) is 2.90. The lowest BCUT2D eigenvalue weighted by Crippen LogP contribution is -2.51. The Bertz CT molecular complexity index is 738. The Labute approximate surface area is 180 Å². The molecule has 0 atom stereocenters. The van der Waals surface area contributed by atoms with Gasteiger partial charge in [-0.2, -0.15) is 0 Å². The number of nitrogens with one attached hydrogen (secondary N) is 1. The summed E-state index contributed by atoms with van der Waals surface area (Å²) < 4.78 is 11.2. The number of methoxy groups -OCH3 is 1. The molecule has 2 rings (SSSR count). The Kier molecular flexibility index (Phi) is 9.17. The standard InChI is InChI=1S/C23H35N3O4/c1-17(2)16-30-20-8-6-19(14-21(20)29-5)7-9-23(28)26-12-10-25(11-13-26)15-22(27)24-18(3)4/h6-9,14,17-18H,10-13,15-16H2,1-5H3,(H,24,27)/b9-7+. The predicted molar refractivity (Wildman–Crippen MR) is 119 cm³/mol. The van der Waals surface area contributed by atoms with Gasteiger partial charge in [0.2, 0.25) is 11.8 Å². The minimum absolute atomic E-state index is 0.0273. The molecule has 0 spiro atoms. The molecule has 0 aliphatic carbocycles. The molecule has 1 heterocycles. The topological polar surface area (TPSA) is 71.1 Å². The molecule has 1 aliphatic rings. The van der Waals surface area contributed by atoms with Gasteiger partial charge in [-0.1, -0.05) is 19.9 Å². The van der Waals surface area contributed by atoms with Crippen LogP contribution in [0, 0.1) is 5.92 Å². The van der Waals surface area contributed by atoms with E-state index in [1.807, 2.05) is 36.9 Å². The van der Waals surface area contributed by atoms with E-state index >= 15 is 0 Å². The first kappa shape index (κ1) is 23.7. The zero-order valence-electron chi connectivity index (χ0n) is 18.8. The Balaban J connectivity index is 1.87. The van der Waals surface area contributed by atoms with Gasteiger partial charge in [-0.05, 0) is 43.5 Å². The molecule has 1 aromatic rings. The van der Waals surface area contributed by atoms with E-state index in [9.17, 15) is 9.59 Å². The van der Waals surface area contributed by atoms with Gasteiger partial charge in [-0.15, -0.1) is 0 Å². The predicted octanol–water partition coefficient (Wildman–Crippen LogP) is 2.41. The van der Waals surface area contributed by atoms with Crippen LogP contribution in [0.4, 0.5) is 0 Å². The van der Waals surface area contributed by atoms with Gasteiger partial charge in [0.25, 0.3) is 0 Å². The van der Waals surface area contributed by atoms with Crippen molar-refractivity contribution >= 4 is 17.9 Å². The molecular formula is C23H35N3O4. The quantitative estimate of drug-likeness (QED) is 0.625. The zero-order valence-corrected chi connectivity index (χ0v) is 18.8. The molecule has 1 aromatic carbocycles. The number of piperazine rings is 1. The molecule has 1 aliphatic heterocycles. The van der Waals surface area contributed by atoms with Crippen LogP contribution in [0.5, 0.6) is 11.5 Å².